The van der Waals surface area contributed by atoms with Crippen LogP contribution in [0.5, 0.6) is 0 Å². The highest BCUT2D eigenvalue weighted by Gasteiger charge is 2.16. The van der Waals surface area contributed by atoms with Crippen LogP contribution >= 0.6 is 12.4 Å². The SMILES string of the molecule is CN(C)C(=O)C(N)c1ccc(F)cc1.Cl. The second-order valence-electron chi connectivity index (χ2n) is 3.26. The number of nitrogens with zero attached hydrogens (tertiary/aromatic N) is 1. The molecule has 3 nitrogen and oxygen atoms in total. The molecule has 0 saturated heterocycles. The molecule has 1 rings (SSSR count). The number of halogens is 2. The minimum Gasteiger partial charge on any atom is -0.347 e. The number of rotatable bonds is 2. The molecule has 0 radical (unpaired) electrons. The topological polar surface area (TPSA) is 46.3 Å². The maximum absolute atomic E-state index is 12.6. The van der Waals surface area contributed by atoms with Crippen LogP contribution in [0.25, 0.3) is 0 Å². The fourth-order valence-corrected chi connectivity index (χ4v) is 1.09. The van der Waals surface area contributed by atoms with E-state index in [0.717, 1.165) is 0 Å². The Bertz CT molecular complexity index is 327. The summed E-state index contributed by atoms with van der Waals surface area (Å²) in [6, 6.07) is 4.89. The monoisotopic (exact) mass is 232 g/mol. The van der Waals surface area contributed by atoms with Gasteiger partial charge in [0.2, 0.25) is 5.91 Å². The molecule has 0 aromatic heterocycles. The fraction of sp³-hybridized carbons (Fsp3) is 0.300. The zero-order valence-electron chi connectivity index (χ0n) is 8.61. The van der Waals surface area contributed by atoms with Gasteiger partial charge in [-0.25, -0.2) is 4.39 Å². The molecule has 0 bridgehead atoms. The van der Waals surface area contributed by atoms with Crippen LogP contribution in [-0.2, 0) is 4.79 Å². The lowest BCUT2D eigenvalue weighted by Gasteiger charge is -2.16. The number of carbonyl (C=O) groups excluding carboxylic acids is 1. The van der Waals surface area contributed by atoms with Gasteiger partial charge in [0, 0.05) is 14.1 Å². The molecule has 5 heteroatoms. The van der Waals surface area contributed by atoms with E-state index < -0.39 is 6.04 Å². The Balaban J connectivity index is 0.00000196. The van der Waals surface area contributed by atoms with Crippen LogP contribution in [0.15, 0.2) is 24.3 Å². The number of hydrogen-bond donors (Lipinski definition) is 1. The van der Waals surface area contributed by atoms with Gasteiger partial charge in [-0.3, -0.25) is 4.79 Å². The van der Waals surface area contributed by atoms with E-state index in [9.17, 15) is 9.18 Å². The van der Waals surface area contributed by atoms with Crippen LogP contribution in [0.2, 0.25) is 0 Å². The molecule has 0 heterocycles. The highest BCUT2D eigenvalue weighted by Crippen LogP contribution is 2.12. The molecule has 0 spiro atoms. The Morgan fingerprint density at radius 3 is 2.20 bits per heavy atom. The summed E-state index contributed by atoms with van der Waals surface area (Å²) in [7, 11) is 3.26. The molecule has 84 valence electrons. The zero-order chi connectivity index (χ0) is 10.7. The Morgan fingerprint density at radius 2 is 1.80 bits per heavy atom. The second kappa shape index (κ2) is 5.68. The van der Waals surface area contributed by atoms with Gasteiger partial charge in [-0.2, -0.15) is 0 Å². The molecular weight excluding hydrogens is 219 g/mol. The molecule has 1 amide bonds. The van der Waals surface area contributed by atoms with Gasteiger partial charge in [0.1, 0.15) is 11.9 Å². The number of hydrogen-bond acceptors (Lipinski definition) is 2. The maximum Gasteiger partial charge on any atom is 0.243 e. The molecule has 0 aliphatic rings. The smallest absolute Gasteiger partial charge is 0.243 e. The first-order valence-corrected chi connectivity index (χ1v) is 4.24. The van der Waals surface area contributed by atoms with Crippen molar-refractivity contribution in [2.75, 3.05) is 14.1 Å². The van der Waals surface area contributed by atoms with Gasteiger partial charge in [0.15, 0.2) is 0 Å². The zero-order valence-corrected chi connectivity index (χ0v) is 9.42. The third kappa shape index (κ3) is 3.49. The molecule has 1 unspecified atom stereocenters. The van der Waals surface area contributed by atoms with Gasteiger partial charge in [0.05, 0.1) is 0 Å². The van der Waals surface area contributed by atoms with Crippen molar-refractivity contribution >= 4 is 18.3 Å². The molecule has 0 aliphatic carbocycles. The summed E-state index contributed by atoms with van der Waals surface area (Å²) < 4.78 is 12.6. The predicted octanol–water partition coefficient (Wildman–Crippen LogP) is 1.34. The fourth-order valence-electron chi connectivity index (χ4n) is 1.09. The molecule has 1 aromatic rings. The third-order valence-electron chi connectivity index (χ3n) is 1.94. The van der Waals surface area contributed by atoms with Gasteiger partial charge in [0.25, 0.3) is 0 Å². The van der Waals surface area contributed by atoms with Crippen molar-refractivity contribution in [1.29, 1.82) is 0 Å². The molecule has 1 atom stereocenters. The average Bonchev–Trinajstić information content (AvgIpc) is 2.16. The summed E-state index contributed by atoms with van der Waals surface area (Å²) >= 11 is 0. The lowest BCUT2D eigenvalue weighted by atomic mass is 10.1. The van der Waals surface area contributed by atoms with Gasteiger partial charge in [-0.1, -0.05) is 12.1 Å². The summed E-state index contributed by atoms with van der Waals surface area (Å²) in [5, 5.41) is 0. The lowest BCUT2D eigenvalue weighted by molar-refractivity contribution is -0.130. The van der Waals surface area contributed by atoms with Crippen molar-refractivity contribution < 1.29 is 9.18 Å². The van der Waals surface area contributed by atoms with E-state index in [0.29, 0.717) is 5.56 Å². The van der Waals surface area contributed by atoms with Crippen molar-refractivity contribution in [3.63, 3.8) is 0 Å². The van der Waals surface area contributed by atoms with Gasteiger partial charge in [-0.15, -0.1) is 12.4 Å². The molecule has 2 N–H and O–H groups in total. The number of amides is 1. The van der Waals surface area contributed by atoms with Crippen LogP contribution in [0, 0.1) is 5.82 Å². The van der Waals surface area contributed by atoms with Crippen molar-refractivity contribution in [2.24, 2.45) is 5.73 Å². The Labute approximate surface area is 94.5 Å². The van der Waals surface area contributed by atoms with Gasteiger partial charge in [-0.05, 0) is 17.7 Å². The summed E-state index contributed by atoms with van der Waals surface area (Å²) in [5.41, 5.74) is 6.29. The lowest BCUT2D eigenvalue weighted by Crippen LogP contribution is -2.33. The standard InChI is InChI=1S/C10H13FN2O.ClH/c1-13(2)10(14)9(12)7-3-5-8(11)6-4-7;/h3-6,9H,12H2,1-2H3;1H. The van der Waals surface area contributed by atoms with E-state index in [1.807, 2.05) is 0 Å². The van der Waals surface area contributed by atoms with E-state index in [4.69, 9.17) is 5.73 Å². The number of likely N-dealkylation sites (N-methyl/N-ethyl adjacent to an activating group) is 1. The van der Waals surface area contributed by atoms with Crippen molar-refractivity contribution in [1.82, 2.24) is 4.90 Å². The Kier molecular flexibility index (Phi) is 5.25. The summed E-state index contributed by atoms with van der Waals surface area (Å²) in [4.78, 5) is 12.8. The van der Waals surface area contributed by atoms with Crippen LogP contribution in [-0.4, -0.2) is 24.9 Å². The first-order chi connectivity index (χ1) is 6.52. The van der Waals surface area contributed by atoms with E-state index in [2.05, 4.69) is 0 Å². The first kappa shape index (κ1) is 13.9. The number of carbonyl (C=O) groups is 1. The molecular formula is C10H14ClFN2O. The maximum atomic E-state index is 12.6. The predicted molar refractivity (Wildman–Crippen MR) is 59.3 cm³/mol. The first-order valence-electron chi connectivity index (χ1n) is 4.24. The second-order valence-corrected chi connectivity index (χ2v) is 3.26. The van der Waals surface area contributed by atoms with Crippen molar-refractivity contribution in [3.05, 3.63) is 35.6 Å². The van der Waals surface area contributed by atoms with Gasteiger partial charge >= 0.3 is 0 Å². The van der Waals surface area contributed by atoms with Crippen molar-refractivity contribution in [3.8, 4) is 0 Å². The average molecular weight is 233 g/mol. The normalized spacial score (nSPS) is 11.5. The minimum atomic E-state index is -0.717. The molecule has 0 saturated carbocycles. The summed E-state index contributed by atoms with van der Waals surface area (Å²) in [5.74, 6) is -0.533. The molecule has 0 fully saturated rings. The van der Waals surface area contributed by atoms with Gasteiger partial charge < -0.3 is 10.6 Å². The number of nitrogens with two attached hydrogens (primary N) is 1. The van der Waals surface area contributed by atoms with Crippen LogP contribution < -0.4 is 5.73 Å². The van der Waals surface area contributed by atoms with Crippen molar-refractivity contribution in [2.45, 2.75) is 6.04 Å². The van der Waals surface area contributed by atoms with Crippen LogP contribution in [0.1, 0.15) is 11.6 Å². The summed E-state index contributed by atoms with van der Waals surface area (Å²) in [6.07, 6.45) is 0. The minimum absolute atomic E-state index is 0. The Hall–Kier alpha value is -1.13. The van der Waals surface area contributed by atoms with E-state index in [1.165, 1.54) is 29.2 Å². The van der Waals surface area contributed by atoms with E-state index >= 15 is 0 Å². The summed E-state index contributed by atoms with van der Waals surface area (Å²) in [6.45, 7) is 0. The quantitative estimate of drug-likeness (QED) is 0.837. The molecule has 1 aromatic carbocycles. The highest BCUT2D eigenvalue weighted by atomic mass is 35.5. The molecule has 15 heavy (non-hydrogen) atoms. The molecule has 0 aliphatic heterocycles. The van der Waals surface area contributed by atoms with Crippen LogP contribution in [0.3, 0.4) is 0 Å². The largest absolute Gasteiger partial charge is 0.347 e. The number of benzene rings is 1. The highest BCUT2D eigenvalue weighted by molar-refractivity contribution is 5.85. The third-order valence-corrected chi connectivity index (χ3v) is 1.94. The van der Waals surface area contributed by atoms with Crippen LogP contribution in [0.4, 0.5) is 4.39 Å². The van der Waals surface area contributed by atoms with E-state index in [-0.39, 0.29) is 24.1 Å². The Morgan fingerprint density at radius 1 is 1.33 bits per heavy atom. The van der Waals surface area contributed by atoms with E-state index in [1.54, 1.807) is 14.1 Å².